The third-order valence-corrected chi connectivity index (χ3v) is 5.33. The molecule has 1 aliphatic rings. The molecule has 1 atom stereocenters. The van der Waals surface area contributed by atoms with Crippen LogP contribution in [-0.4, -0.2) is 45.6 Å². The number of nitrogens with one attached hydrogen (secondary N) is 1. The first kappa shape index (κ1) is 14.6. The van der Waals surface area contributed by atoms with Crippen LogP contribution in [0, 0.1) is 5.92 Å². The number of rotatable bonds is 4. The quantitative estimate of drug-likeness (QED) is 0.829. The van der Waals surface area contributed by atoms with Crippen LogP contribution in [0.2, 0.25) is 0 Å². The summed E-state index contributed by atoms with van der Waals surface area (Å²) in [5, 5.41) is 6.80. The maximum absolute atomic E-state index is 12.1. The van der Waals surface area contributed by atoms with Crippen LogP contribution >= 0.6 is 0 Å². The Morgan fingerprint density at radius 3 is 3.00 bits per heavy atom. The van der Waals surface area contributed by atoms with Gasteiger partial charge in [0.15, 0.2) is 15.7 Å². The fourth-order valence-corrected chi connectivity index (χ4v) is 4.16. The summed E-state index contributed by atoms with van der Waals surface area (Å²) in [7, 11) is -3.06. The molecule has 0 radical (unpaired) electrons. The molecule has 0 bridgehead atoms. The first-order valence-electron chi connectivity index (χ1n) is 6.82. The summed E-state index contributed by atoms with van der Waals surface area (Å²) in [5.41, 5.74) is 0.780. The Labute approximate surface area is 127 Å². The number of pyridine rings is 1. The van der Waals surface area contributed by atoms with Gasteiger partial charge in [-0.15, -0.1) is 0 Å². The van der Waals surface area contributed by atoms with Crippen molar-refractivity contribution in [2.24, 2.45) is 5.92 Å². The molecule has 0 saturated carbocycles. The molecule has 8 nitrogen and oxygen atoms in total. The van der Waals surface area contributed by atoms with Gasteiger partial charge in [0, 0.05) is 18.3 Å². The lowest BCUT2D eigenvalue weighted by Gasteiger charge is -2.11. The lowest BCUT2D eigenvalue weighted by molar-refractivity contribution is -0.124. The number of nitrogens with zero attached hydrogens (tertiary/aromatic N) is 4. The van der Waals surface area contributed by atoms with Crippen molar-refractivity contribution in [2.45, 2.75) is 13.0 Å². The van der Waals surface area contributed by atoms with Crippen molar-refractivity contribution in [3.8, 4) is 5.82 Å². The Kier molecular flexibility index (Phi) is 3.88. The van der Waals surface area contributed by atoms with Crippen LogP contribution in [-0.2, 0) is 21.2 Å². The van der Waals surface area contributed by atoms with Gasteiger partial charge in [-0.05, 0) is 12.5 Å². The summed E-state index contributed by atoms with van der Waals surface area (Å²) in [5.74, 6) is -0.102. The second-order valence-corrected chi connectivity index (χ2v) is 7.37. The van der Waals surface area contributed by atoms with Gasteiger partial charge < -0.3 is 5.32 Å². The second kappa shape index (κ2) is 5.84. The molecule has 22 heavy (non-hydrogen) atoms. The van der Waals surface area contributed by atoms with Gasteiger partial charge in [-0.25, -0.2) is 23.1 Å². The van der Waals surface area contributed by atoms with Crippen molar-refractivity contribution in [3.63, 3.8) is 0 Å². The minimum absolute atomic E-state index is 0.0677. The first-order chi connectivity index (χ1) is 10.6. The van der Waals surface area contributed by atoms with Crippen molar-refractivity contribution in [1.29, 1.82) is 0 Å². The van der Waals surface area contributed by atoms with Crippen LogP contribution in [0.25, 0.3) is 5.82 Å². The van der Waals surface area contributed by atoms with E-state index in [2.05, 4.69) is 20.4 Å². The molecule has 3 rings (SSSR count). The third-order valence-electron chi connectivity index (χ3n) is 3.56. The van der Waals surface area contributed by atoms with E-state index in [1.165, 1.54) is 17.3 Å². The van der Waals surface area contributed by atoms with Crippen LogP contribution < -0.4 is 5.32 Å². The molecule has 1 N–H and O–H groups in total. The molecule has 9 heteroatoms. The minimum atomic E-state index is -3.06. The number of amides is 1. The number of hydrogen-bond donors (Lipinski definition) is 1. The van der Waals surface area contributed by atoms with Gasteiger partial charge in [-0.3, -0.25) is 4.79 Å². The van der Waals surface area contributed by atoms with Gasteiger partial charge in [0.25, 0.3) is 0 Å². The zero-order valence-electron chi connectivity index (χ0n) is 11.7. The van der Waals surface area contributed by atoms with Gasteiger partial charge >= 0.3 is 0 Å². The topological polar surface area (TPSA) is 107 Å². The fourth-order valence-electron chi connectivity index (χ4n) is 2.42. The summed E-state index contributed by atoms with van der Waals surface area (Å²) in [6, 6.07) is 3.59. The van der Waals surface area contributed by atoms with E-state index in [1.54, 1.807) is 12.3 Å². The average molecular weight is 321 g/mol. The number of carbonyl (C=O) groups is 1. The third kappa shape index (κ3) is 3.14. The Balaban J connectivity index is 1.69. The molecule has 1 amide bonds. The molecule has 0 aromatic carbocycles. The number of aromatic nitrogens is 4. The highest BCUT2D eigenvalue weighted by atomic mass is 32.2. The van der Waals surface area contributed by atoms with Crippen molar-refractivity contribution < 1.29 is 13.2 Å². The molecule has 2 aromatic rings. The molecule has 1 unspecified atom stereocenters. The molecule has 3 heterocycles. The van der Waals surface area contributed by atoms with Crippen LogP contribution in [0.5, 0.6) is 0 Å². The molecule has 1 fully saturated rings. The summed E-state index contributed by atoms with van der Waals surface area (Å²) in [4.78, 5) is 20.2. The number of sulfone groups is 1. The summed E-state index contributed by atoms with van der Waals surface area (Å²) in [6.07, 6.45) is 4.95. The lowest BCUT2D eigenvalue weighted by atomic mass is 10.1. The highest BCUT2D eigenvalue weighted by Gasteiger charge is 2.32. The van der Waals surface area contributed by atoms with E-state index in [0.29, 0.717) is 12.2 Å². The SMILES string of the molecule is O=C(NCc1cccnc1-n1cncn1)C1CCS(=O)(=O)C1. The molecule has 116 valence electrons. The molecule has 1 aliphatic heterocycles. The van der Waals surface area contributed by atoms with Crippen LogP contribution in [0.4, 0.5) is 0 Å². The predicted octanol–water partition coefficient (Wildman–Crippen LogP) is -0.287. The zero-order chi connectivity index (χ0) is 15.6. The van der Waals surface area contributed by atoms with Crippen LogP contribution in [0.3, 0.4) is 0 Å². The molecule has 1 saturated heterocycles. The van der Waals surface area contributed by atoms with Gasteiger partial charge in [0.05, 0.1) is 17.4 Å². The van der Waals surface area contributed by atoms with Crippen molar-refractivity contribution in [2.75, 3.05) is 11.5 Å². The second-order valence-electron chi connectivity index (χ2n) is 5.14. The van der Waals surface area contributed by atoms with E-state index in [-0.39, 0.29) is 24.0 Å². The highest BCUT2D eigenvalue weighted by Crippen LogP contribution is 2.18. The summed E-state index contributed by atoms with van der Waals surface area (Å²) < 4.78 is 24.4. The Morgan fingerprint density at radius 2 is 2.32 bits per heavy atom. The van der Waals surface area contributed by atoms with E-state index < -0.39 is 15.8 Å². The minimum Gasteiger partial charge on any atom is -0.352 e. The Hall–Kier alpha value is -2.29. The number of carbonyl (C=O) groups excluding carboxylic acids is 1. The first-order valence-corrected chi connectivity index (χ1v) is 8.64. The molecular formula is C13H15N5O3S. The predicted molar refractivity (Wildman–Crippen MR) is 77.8 cm³/mol. The monoisotopic (exact) mass is 321 g/mol. The molecular weight excluding hydrogens is 306 g/mol. The van der Waals surface area contributed by atoms with E-state index in [1.807, 2.05) is 6.07 Å². The van der Waals surface area contributed by atoms with E-state index in [0.717, 1.165) is 5.56 Å². The molecule has 0 spiro atoms. The number of hydrogen-bond acceptors (Lipinski definition) is 6. The summed E-state index contributed by atoms with van der Waals surface area (Å²) >= 11 is 0. The highest BCUT2D eigenvalue weighted by molar-refractivity contribution is 7.91. The fraction of sp³-hybridized carbons (Fsp3) is 0.385. The van der Waals surface area contributed by atoms with Crippen molar-refractivity contribution in [1.82, 2.24) is 25.1 Å². The zero-order valence-corrected chi connectivity index (χ0v) is 12.5. The average Bonchev–Trinajstić information content (AvgIpc) is 3.14. The van der Waals surface area contributed by atoms with Gasteiger partial charge in [-0.2, -0.15) is 5.10 Å². The summed E-state index contributed by atoms with van der Waals surface area (Å²) in [6.45, 7) is 0.262. The largest absolute Gasteiger partial charge is 0.352 e. The molecule has 2 aromatic heterocycles. The Morgan fingerprint density at radius 1 is 1.45 bits per heavy atom. The van der Waals surface area contributed by atoms with Gasteiger partial charge in [-0.1, -0.05) is 6.07 Å². The van der Waals surface area contributed by atoms with Crippen molar-refractivity contribution in [3.05, 3.63) is 36.5 Å². The van der Waals surface area contributed by atoms with Crippen molar-refractivity contribution >= 4 is 15.7 Å². The maximum atomic E-state index is 12.1. The smallest absolute Gasteiger partial charge is 0.224 e. The Bertz CT molecular complexity index is 773. The van der Waals surface area contributed by atoms with E-state index >= 15 is 0 Å². The van der Waals surface area contributed by atoms with Gasteiger partial charge in [0.1, 0.15) is 12.7 Å². The van der Waals surface area contributed by atoms with Crippen LogP contribution in [0.1, 0.15) is 12.0 Å². The van der Waals surface area contributed by atoms with E-state index in [9.17, 15) is 13.2 Å². The van der Waals surface area contributed by atoms with Gasteiger partial charge in [0.2, 0.25) is 5.91 Å². The van der Waals surface area contributed by atoms with E-state index in [4.69, 9.17) is 0 Å². The lowest BCUT2D eigenvalue weighted by Crippen LogP contribution is -2.31. The standard InChI is InChI=1S/C13H15N5O3S/c19-13(11-3-5-22(20,21)7-11)16-6-10-2-1-4-15-12(10)18-9-14-8-17-18/h1-2,4,8-9,11H,3,5-7H2,(H,16,19). The maximum Gasteiger partial charge on any atom is 0.224 e. The van der Waals surface area contributed by atoms with Crippen LogP contribution in [0.15, 0.2) is 31.0 Å². The normalized spacial score (nSPS) is 19.9. The molecule has 0 aliphatic carbocycles.